The molecule has 0 aliphatic rings. The van der Waals surface area contributed by atoms with E-state index >= 15 is 0 Å². The van der Waals surface area contributed by atoms with E-state index in [1.54, 1.807) is 14.0 Å². The van der Waals surface area contributed by atoms with E-state index in [4.69, 9.17) is 10.5 Å². The van der Waals surface area contributed by atoms with Crippen molar-refractivity contribution in [3.05, 3.63) is 35.1 Å². The third kappa shape index (κ3) is 4.27. The highest BCUT2D eigenvalue weighted by atomic mass is 19.1. The SMILES string of the molecule is COCCN(C(C)C)C(CN)c1ccc(F)c(C)c1. The molecular formula is C15H25FN2O. The van der Waals surface area contributed by atoms with E-state index in [0.29, 0.717) is 24.8 Å². The highest BCUT2D eigenvalue weighted by Crippen LogP contribution is 2.23. The van der Waals surface area contributed by atoms with Crippen LogP contribution in [-0.4, -0.2) is 37.7 Å². The van der Waals surface area contributed by atoms with Crippen molar-refractivity contribution in [1.29, 1.82) is 0 Å². The predicted octanol–water partition coefficient (Wildman–Crippen LogP) is 2.49. The standard InChI is InChI=1S/C15H25FN2O/c1-11(2)18(7-8-19-4)15(10-17)13-5-6-14(16)12(3)9-13/h5-6,9,11,15H,7-8,10,17H2,1-4H3. The van der Waals surface area contributed by atoms with Gasteiger partial charge in [-0.3, -0.25) is 4.90 Å². The van der Waals surface area contributed by atoms with Gasteiger partial charge in [0.25, 0.3) is 0 Å². The molecule has 1 unspecified atom stereocenters. The summed E-state index contributed by atoms with van der Waals surface area (Å²) in [6.07, 6.45) is 0. The first-order chi connectivity index (χ1) is 9.01. The van der Waals surface area contributed by atoms with Crippen molar-refractivity contribution in [1.82, 2.24) is 4.90 Å². The minimum Gasteiger partial charge on any atom is -0.383 e. The molecule has 0 aliphatic carbocycles. The van der Waals surface area contributed by atoms with Gasteiger partial charge in [-0.25, -0.2) is 4.39 Å². The van der Waals surface area contributed by atoms with Gasteiger partial charge in [-0.05, 0) is 38.0 Å². The van der Waals surface area contributed by atoms with Crippen molar-refractivity contribution in [3.63, 3.8) is 0 Å². The minimum atomic E-state index is -0.174. The maximum absolute atomic E-state index is 13.4. The lowest BCUT2D eigenvalue weighted by Crippen LogP contribution is -2.40. The van der Waals surface area contributed by atoms with E-state index in [9.17, 15) is 4.39 Å². The lowest BCUT2D eigenvalue weighted by atomic mass is 10.0. The molecule has 108 valence electrons. The van der Waals surface area contributed by atoms with Crippen LogP contribution in [0.1, 0.15) is 31.0 Å². The predicted molar refractivity (Wildman–Crippen MR) is 76.7 cm³/mol. The topological polar surface area (TPSA) is 38.5 Å². The number of ether oxygens (including phenoxy) is 1. The molecule has 0 radical (unpaired) electrons. The monoisotopic (exact) mass is 268 g/mol. The molecule has 3 nitrogen and oxygen atoms in total. The maximum atomic E-state index is 13.4. The molecule has 0 aliphatic heterocycles. The summed E-state index contributed by atoms with van der Waals surface area (Å²) in [7, 11) is 1.69. The average molecular weight is 268 g/mol. The fraction of sp³-hybridized carbons (Fsp3) is 0.600. The zero-order valence-electron chi connectivity index (χ0n) is 12.3. The van der Waals surface area contributed by atoms with Crippen LogP contribution in [0.4, 0.5) is 4.39 Å². The molecule has 0 spiro atoms. The lowest BCUT2D eigenvalue weighted by Gasteiger charge is -2.34. The summed E-state index contributed by atoms with van der Waals surface area (Å²) in [5.41, 5.74) is 7.65. The Labute approximate surface area is 115 Å². The van der Waals surface area contributed by atoms with Crippen LogP contribution in [0.15, 0.2) is 18.2 Å². The number of halogens is 1. The van der Waals surface area contributed by atoms with E-state index in [-0.39, 0.29) is 11.9 Å². The Morgan fingerprint density at radius 3 is 2.53 bits per heavy atom. The Morgan fingerprint density at radius 1 is 1.37 bits per heavy atom. The summed E-state index contributed by atoms with van der Waals surface area (Å²) in [6.45, 7) is 8.03. The van der Waals surface area contributed by atoms with Crippen LogP contribution in [-0.2, 0) is 4.74 Å². The second kappa shape index (κ2) is 7.58. The van der Waals surface area contributed by atoms with E-state index in [0.717, 1.165) is 12.1 Å². The highest BCUT2D eigenvalue weighted by molar-refractivity contribution is 5.27. The highest BCUT2D eigenvalue weighted by Gasteiger charge is 2.21. The number of rotatable bonds is 7. The molecule has 2 N–H and O–H groups in total. The zero-order chi connectivity index (χ0) is 14.4. The van der Waals surface area contributed by atoms with Gasteiger partial charge in [-0.2, -0.15) is 0 Å². The molecule has 0 fully saturated rings. The van der Waals surface area contributed by atoms with Crippen LogP contribution < -0.4 is 5.73 Å². The summed E-state index contributed by atoms with van der Waals surface area (Å²) >= 11 is 0. The summed E-state index contributed by atoms with van der Waals surface area (Å²) in [5.74, 6) is -0.174. The molecule has 0 saturated carbocycles. The van der Waals surface area contributed by atoms with Gasteiger partial charge in [0.05, 0.1) is 6.61 Å². The molecule has 1 aromatic rings. The van der Waals surface area contributed by atoms with Gasteiger partial charge in [-0.15, -0.1) is 0 Å². The second-order valence-electron chi connectivity index (χ2n) is 5.08. The number of aryl methyl sites for hydroxylation is 1. The van der Waals surface area contributed by atoms with Crippen LogP contribution in [0, 0.1) is 12.7 Å². The zero-order valence-corrected chi connectivity index (χ0v) is 12.3. The first-order valence-electron chi connectivity index (χ1n) is 6.72. The fourth-order valence-electron chi connectivity index (χ4n) is 2.31. The molecule has 1 rings (SSSR count). The number of nitrogens with two attached hydrogens (primary N) is 1. The third-order valence-electron chi connectivity index (χ3n) is 3.41. The van der Waals surface area contributed by atoms with Crippen molar-refractivity contribution in [3.8, 4) is 0 Å². The quantitative estimate of drug-likeness (QED) is 0.825. The second-order valence-corrected chi connectivity index (χ2v) is 5.08. The van der Waals surface area contributed by atoms with Crippen molar-refractivity contribution in [2.24, 2.45) is 5.73 Å². The smallest absolute Gasteiger partial charge is 0.126 e. The van der Waals surface area contributed by atoms with Crippen LogP contribution in [0.25, 0.3) is 0 Å². The van der Waals surface area contributed by atoms with Crippen molar-refractivity contribution in [2.75, 3.05) is 26.8 Å². The van der Waals surface area contributed by atoms with Crippen molar-refractivity contribution >= 4 is 0 Å². The molecule has 19 heavy (non-hydrogen) atoms. The summed E-state index contributed by atoms with van der Waals surface area (Å²) in [6, 6.07) is 5.67. The Bertz CT molecular complexity index is 396. The van der Waals surface area contributed by atoms with E-state index in [1.807, 2.05) is 12.1 Å². The number of hydrogen-bond acceptors (Lipinski definition) is 3. The first-order valence-corrected chi connectivity index (χ1v) is 6.72. The van der Waals surface area contributed by atoms with Gasteiger partial charge >= 0.3 is 0 Å². The van der Waals surface area contributed by atoms with Crippen LogP contribution in [0.3, 0.4) is 0 Å². The Morgan fingerprint density at radius 2 is 2.05 bits per heavy atom. The summed E-state index contributed by atoms with van der Waals surface area (Å²) < 4.78 is 18.5. The Balaban J connectivity index is 2.97. The Kier molecular flexibility index (Phi) is 6.42. The fourth-order valence-corrected chi connectivity index (χ4v) is 2.31. The molecule has 0 heterocycles. The van der Waals surface area contributed by atoms with Gasteiger partial charge in [0.1, 0.15) is 5.82 Å². The average Bonchev–Trinajstić information content (AvgIpc) is 2.37. The van der Waals surface area contributed by atoms with E-state index in [2.05, 4.69) is 18.7 Å². The molecule has 0 aromatic heterocycles. The number of hydrogen-bond donors (Lipinski definition) is 1. The summed E-state index contributed by atoms with van der Waals surface area (Å²) in [5, 5.41) is 0. The lowest BCUT2D eigenvalue weighted by molar-refractivity contribution is 0.0979. The summed E-state index contributed by atoms with van der Waals surface area (Å²) in [4.78, 5) is 2.29. The van der Waals surface area contributed by atoms with Crippen LogP contribution in [0.2, 0.25) is 0 Å². The van der Waals surface area contributed by atoms with Gasteiger partial charge in [0.15, 0.2) is 0 Å². The molecule has 4 heteroatoms. The van der Waals surface area contributed by atoms with Gasteiger partial charge in [0.2, 0.25) is 0 Å². The molecule has 1 atom stereocenters. The van der Waals surface area contributed by atoms with Gasteiger partial charge < -0.3 is 10.5 Å². The van der Waals surface area contributed by atoms with Crippen LogP contribution >= 0.6 is 0 Å². The maximum Gasteiger partial charge on any atom is 0.126 e. The number of methoxy groups -OCH3 is 1. The van der Waals surface area contributed by atoms with Gasteiger partial charge in [-0.1, -0.05) is 12.1 Å². The Hall–Kier alpha value is -0.970. The molecular weight excluding hydrogens is 243 g/mol. The third-order valence-corrected chi connectivity index (χ3v) is 3.41. The van der Waals surface area contributed by atoms with E-state index in [1.165, 1.54) is 6.07 Å². The van der Waals surface area contributed by atoms with Gasteiger partial charge in [0, 0.05) is 32.3 Å². The number of nitrogens with zero attached hydrogens (tertiary/aromatic N) is 1. The van der Waals surface area contributed by atoms with Crippen molar-refractivity contribution < 1.29 is 9.13 Å². The molecule has 0 amide bonds. The van der Waals surface area contributed by atoms with Crippen LogP contribution in [0.5, 0.6) is 0 Å². The van der Waals surface area contributed by atoms with Crippen molar-refractivity contribution in [2.45, 2.75) is 32.9 Å². The number of benzene rings is 1. The first kappa shape index (κ1) is 16.1. The molecule has 0 saturated heterocycles. The molecule has 1 aromatic carbocycles. The van der Waals surface area contributed by atoms with E-state index < -0.39 is 0 Å². The minimum absolute atomic E-state index is 0.0921. The molecule has 0 bridgehead atoms. The largest absolute Gasteiger partial charge is 0.383 e. The normalized spacial score (nSPS) is 13.3.